The molecule has 1 aliphatic heterocycles. The van der Waals surface area contributed by atoms with Gasteiger partial charge in [-0.25, -0.2) is 9.97 Å². The lowest BCUT2D eigenvalue weighted by Gasteiger charge is -2.24. The van der Waals surface area contributed by atoms with Crippen LogP contribution in [0.25, 0.3) is 0 Å². The number of aromatic nitrogens is 2. The van der Waals surface area contributed by atoms with Crippen molar-refractivity contribution in [1.82, 2.24) is 15.3 Å². The molecule has 1 fully saturated rings. The van der Waals surface area contributed by atoms with Crippen molar-refractivity contribution in [3.63, 3.8) is 0 Å². The van der Waals surface area contributed by atoms with E-state index in [0.29, 0.717) is 5.92 Å². The second-order valence-corrected chi connectivity index (χ2v) is 4.56. The van der Waals surface area contributed by atoms with Crippen LogP contribution < -0.4 is 10.6 Å². The summed E-state index contributed by atoms with van der Waals surface area (Å²) in [6.45, 7) is 7.66. The molecule has 0 spiro atoms. The molecule has 1 saturated heterocycles. The van der Waals surface area contributed by atoms with Gasteiger partial charge in [0.05, 0.1) is 12.7 Å². The summed E-state index contributed by atoms with van der Waals surface area (Å²) in [6, 6.07) is 2.00. The zero-order valence-electron chi connectivity index (χ0n) is 10.4. The molecule has 5 heteroatoms. The van der Waals surface area contributed by atoms with Crippen LogP contribution >= 0.6 is 0 Å². The third kappa shape index (κ3) is 3.64. The Morgan fingerprint density at radius 1 is 1.53 bits per heavy atom. The van der Waals surface area contributed by atoms with E-state index >= 15 is 0 Å². The molecule has 1 aromatic rings. The lowest BCUT2D eigenvalue weighted by molar-refractivity contribution is 0.0372. The van der Waals surface area contributed by atoms with E-state index < -0.39 is 0 Å². The van der Waals surface area contributed by atoms with Gasteiger partial charge < -0.3 is 15.4 Å². The van der Waals surface area contributed by atoms with Crippen LogP contribution in [-0.2, 0) is 4.74 Å². The van der Waals surface area contributed by atoms with Crippen LogP contribution in [0.1, 0.15) is 25.5 Å². The molecule has 2 N–H and O–H groups in total. The Kier molecular flexibility index (Phi) is 4.28. The smallest absolute Gasteiger partial charge is 0.129 e. The van der Waals surface area contributed by atoms with E-state index in [1.165, 1.54) is 0 Å². The molecule has 2 rings (SSSR count). The molecule has 0 aliphatic carbocycles. The first kappa shape index (κ1) is 12.3. The summed E-state index contributed by atoms with van der Waals surface area (Å²) in [7, 11) is 0. The Bertz CT molecular complexity index is 350. The number of nitrogens with one attached hydrogen (secondary N) is 2. The summed E-state index contributed by atoms with van der Waals surface area (Å²) in [6.07, 6.45) is 1.83. The van der Waals surface area contributed by atoms with E-state index in [1.807, 2.05) is 6.07 Å². The summed E-state index contributed by atoms with van der Waals surface area (Å²) in [5.74, 6) is 1.30. The standard InChI is InChI=1S/C12H20N4O/c1-9(2)11-5-12(16-8-15-11)14-7-10-6-13-3-4-17-10/h5,8-10,13H,3-4,6-7H2,1-2H3,(H,14,15,16). The first-order chi connectivity index (χ1) is 8.25. The maximum atomic E-state index is 5.61. The number of morpholine rings is 1. The Balaban J connectivity index is 1.87. The van der Waals surface area contributed by atoms with Crippen molar-refractivity contribution < 1.29 is 4.74 Å². The lowest BCUT2D eigenvalue weighted by atomic mass is 10.1. The highest BCUT2D eigenvalue weighted by Crippen LogP contribution is 2.13. The van der Waals surface area contributed by atoms with Gasteiger partial charge in [0.15, 0.2) is 0 Å². The van der Waals surface area contributed by atoms with Gasteiger partial charge in [0.1, 0.15) is 12.1 Å². The molecule has 1 aromatic heterocycles. The molecular formula is C12H20N4O. The zero-order valence-corrected chi connectivity index (χ0v) is 10.4. The molecule has 0 bridgehead atoms. The van der Waals surface area contributed by atoms with Crippen molar-refractivity contribution in [2.45, 2.75) is 25.9 Å². The van der Waals surface area contributed by atoms with E-state index in [0.717, 1.165) is 37.8 Å². The molecule has 1 atom stereocenters. The Morgan fingerprint density at radius 2 is 2.41 bits per heavy atom. The Labute approximate surface area is 102 Å². The van der Waals surface area contributed by atoms with Crippen LogP contribution in [0, 0.1) is 0 Å². The highest BCUT2D eigenvalue weighted by atomic mass is 16.5. The third-order valence-corrected chi connectivity index (χ3v) is 2.80. The fourth-order valence-corrected chi connectivity index (χ4v) is 1.75. The molecule has 1 unspecified atom stereocenters. The molecule has 0 amide bonds. The fourth-order valence-electron chi connectivity index (χ4n) is 1.75. The predicted octanol–water partition coefficient (Wildman–Crippen LogP) is 1.00. The summed E-state index contributed by atoms with van der Waals surface area (Å²) in [5, 5.41) is 6.60. The SMILES string of the molecule is CC(C)c1cc(NCC2CNCCO2)ncn1. The zero-order chi connectivity index (χ0) is 12.1. The summed E-state index contributed by atoms with van der Waals surface area (Å²) < 4.78 is 5.61. The first-order valence-electron chi connectivity index (χ1n) is 6.14. The molecular weight excluding hydrogens is 216 g/mol. The predicted molar refractivity (Wildman–Crippen MR) is 67.2 cm³/mol. The van der Waals surface area contributed by atoms with E-state index in [-0.39, 0.29) is 6.10 Å². The van der Waals surface area contributed by atoms with Gasteiger partial charge in [0.25, 0.3) is 0 Å². The minimum Gasteiger partial charge on any atom is -0.374 e. The average molecular weight is 236 g/mol. The van der Waals surface area contributed by atoms with E-state index in [1.54, 1.807) is 6.33 Å². The van der Waals surface area contributed by atoms with Crippen LogP contribution in [-0.4, -0.2) is 42.3 Å². The van der Waals surface area contributed by atoms with Crippen molar-refractivity contribution in [2.75, 3.05) is 31.6 Å². The van der Waals surface area contributed by atoms with Gasteiger partial charge in [-0.05, 0) is 5.92 Å². The van der Waals surface area contributed by atoms with Crippen molar-refractivity contribution in [1.29, 1.82) is 0 Å². The van der Waals surface area contributed by atoms with Gasteiger partial charge >= 0.3 is 0 Å². The molecule has 94 valence electrons. The summed E-state index contributed by atoms with van der Waals surface area (Å²) >= 11 is 0. The van der Waals surface area contributed by atoms with Gasteiger partial charge in [-0.2, -0.15) is 0 Å². The normalized spacial score (nSPS) is 20.5. The van der Waals surface area contributed by atoms with Crippen LogP contribution in [0.4, 0.5) is 5.82 Å². The highest BCUT2D eigenvalue weighted by Gasteiger charge is 2.13. The van der Waals surface area contributed by atoms with E-state index in [4.69, 9.17) is 4.74 Å². The minimum absolute atomic E-state index is 0.223. The summed E-state index contributed by atoms with van der Waals surface area (Å²) in [5.41, 5.74) is 1.06. The van der Waals surface area contributed by atoms with Crippen molar-refractivity contribution in [3.8, 4) is 0 Å². The largest absolute Gasteiger partial charge is 0.374 e. The minimum atomic E-state index is 0.223. The van der Waals surface area contributed by atoms with E-state index in [9.17, 15) is 0 Å². The highest BCUT2D eigenvalue weighted by molar-refractivity contribution is 5.35. The lowest BCUT2D eigenvalue weighted by Crippen LogP contribution is -2.42. The monoisotopic (exact) mass is 236 g/mol. The van der Waals surface area contributed by atoms with Gasteiger partial charge in [0, 0.05) is 31.4 Å². The average Bonchev–Trinajstić information content (AvgIpc) is 2.38. The van der Waals surface area contributed by atoms with Gasteiger partial charge in [-0.3, -0.25) is 0 Å². The number of anilines is 1. The van der Waals surface area contributed by atoms with Gasteiger partial charge in [-0.15, -0.1) is 0 Å². The fraction of sp³-hybridized carbons (Fsp3) is 0.667. The molecule has 5 nitrogen and oxygen atoms in total. The summed E-state index contributed by atoms with van der Waals surface area (Å²) in [4.78, 5) is 8.45. The number of hydrogen-bond acceptors (Lipinski definition) is 5. The molecule has 0 aromatic carbocycles. The number of nitrogens with zero attached hydrogens (tertiary/aromatic N) is 2. The van der Waals surface area contributed by atoms with Crippen LogP contribution in [0.2, 0.25) is 0 Å². The van der Waals surface area contributed by atoms with Crippen molar-refractivity contribution in [3.05, 3.63) is 18.1 Å². The van der Waals surface area contributed by atoms with Crippen LogP contribution in [0.3, 0.4) is 0 Å². The molecule has 0 radical (unpaired) electrons. The van der Waals surface area contributed by atoms with Gasteiger partial charge in [0.2, 0.25) is 0 Å². The second kappa shape index (κ2) is 5.93. The topological polar surface area (TPSA) is 59.1 Å². The number of rotatable bonds is 4. The second-order valence-electron chi connectivity index (χ2n) is 4.56. The van der Waals surface area contributed by atoms with Crippen molar-refractivity contribution >= 4 is 5.82 Å². The number of ether oxygens (including phenoxy) is 1. The quantitative estimate of drug-likeness (QED) is 0.816. The van der Waals surface area contributed by atoms with Crippen LogP contribution in [0.15, 0.2) is 12.4 Å². The molecule has 2 heterocycles. The molecule has 17 heavy (non-hydrogen) atoms. The Morgan fingerprint density at radius 3 is 3.12 bits per heavy atom. The van der Waals surface area contributed by atoms with Crippen molar-refractivity contribution in [2.24, 2.45) is 0 Å². The van der Waals surface area contributed by atoms with Crippen LogP contribution in [0.5, 0.6) is 0 Å². The maximum absolute atomic E-state index is 5.61. The van der Waals surface area contributed by atoms with Gasteiger partial charge in [-0.1, -0.05) is 13.8 Å². The third-order valence-electron chi connectivity index (χ3n) is 2.80. The van der Waals surface area contributed by atoms with E-state index in [2.05, 4.69) is 34.4 Å². The Hall–Kier alpha value is -1.20. The number of hydrogen-bond donors (Lipinski definition) is 2. The molecule has 1 aliphatic rings. The molecule has 0 saturated carbocycles. The maximum Gasteiger partial charge on any atom is 0.129 e. The first-order valence-corrected chi connectivity index (χ1v) is 6.14.